The first-order valence-corrected chi connectivity index (χ1v) is 8.94. The lowest BCUT2D eigenvalue weighted by Crippen LogP contribution is -2.36. The highest BCUT2D eigenvalue weighted by atomic mass is 127. The Morgan fingerprint density at radius 1 is 1.14 bits per heavy atom. The number of guanidine groups is 1. The molecule has 0 aliphatic carbocycles. The molecule has 0 aliphatic heterocycles. The third kappa shape index (κ3) is 8.10. The number of carbonyl (C=O) groups excluding carboxylic acids is 2. The first-order chi connectivity index (χ1) is 13.4. The van der Waals surface area contributed by atoms with Gasteiger partial charge in [-0.1, -0.05) is 31.1 Å². The van der Waals surface area contributed by atoms with E-state index < -0.39 is 5.91 Å². The molecule has 1 aromatic heterocycles. The molecule has 2 amide bonds. The van der Waals surface area contributed by atoms with E-state index in [1.54, 1.807) is 19.2 Å². The molecule has 2 aromatic rings. The van der Waals surface area contributed by atoms with Crippen LogP contribution in [0.2, 0.25) is 0 Å². The van der Waals surface area contributed by atoms with Gasteiger partial charge in [-0.2, -0.15) is 0 Å². The van der Waals surface area contributed by atoms with Crippen molar-refractivity contribution in [3.8, 4) is 0 Å². The lowest BCUT2D eigenvalue weighted by atomic mass is 10.1. The molecule has 5 N–H and O–H groups in total. The van der Waals surface area contributed by atoms with Crippen molar-refractivity contribution in [2.45, 2.75) is 32.9 Å². The number of halogens is 1. The fourth-order valence-electron chi connectivity index (χ4n) is 2.31. The van der Waals surface area contributed by atoms with Crippen LogP contribution in [0.15, 0.2) is 39.8 Å². The monoisotopic (exact) mass is 514 g/mol. The summed E-state index contributed by atoms with van der Waals surface area (Å²) in [6, 6.07) is 8.94. The van der Waals surface area contributed by atoms with Crippen molar-refractivity contribution in [3.63, 3.8) is 0 Å². The summed E-state index contributed by atoms with van der Waals surface area (Å²) in [4.78, 5) is 26.7. The van der Waals surface area contributed by atoms with Crippen LogP contribution in [0.1, 0.15) is 47.1 Å². The van der Waals surface area contributed by atoms with Gasteiger partial charge in [-0.15, -0.1) is 24.0 Å². The molecule has 0 aliphatic rings. The fourth-order valence-corrected chi connectivity index (χ4v) is 2.31. The molecular weight excluding hydrogens is 487 g/mol. The van der Waals surface area contributed by atoms with E-state index in [0.717, 1.165) is 17.0 Å². The summed E-state index contributed by atoms with van der Waals surface area (Å²) in [5.41, 5.74) is 7.35. The second-order valence-corrected chi connectivity index (χ2v) is 6.50. The minimum absolute atomic E-state index is 0. The molecule has 0 saturated heterocycles. The Bertz CT molecular complexity index is 833. The number of nitrogens with one attached hydrogen (secondary N) is 3. The molecule has 0 fully saturated rings. The maximum absolute atomic E-state index is 11.9. The van der Waals surface area contributed by atoms with E-state index in [2.05, 4.69) is 39.9 Å². The highest BCUT2D eigenvalue weighted by Crippen LogP contribution is 2.13. The topological polar surface area (TPSA) is 135 Å². The van der Waals surface area contributed by atoms with Crippen LogP contribution in [-0.2, 0) is 17.9 Å². The van der Waals surface area contributed by atoms with Crippen molar-refractivity contribution in [1.29, 1.82) is 0 Å². The Morgan fingerprint density at radius 3 is 2.34 bits per heavy atom. The number of rotatable bonds is 8. The van der Waals surface area contributed by atoms with Crippen LogP contribution < -0.4 is 21.7 Å². The van der Waals surface area contributed by atoms with Gasteiger partial charge in [0.05, 0.1) is 18.8 Å². The number of benzene rings is 1. The zero-order valence-electron chi connectivity index (χ0n) is 16.7. The first-order valence-electron chi connectivity index (χ1n) is 8.94. The molecule has 0 bridgehead atoms. The third-order valence-electron chi connectivity index (χ3n) is 3.92. The van der Waals surface area contributed by atoms with Gasteiger partial charge < -0.3 is 26.2 Å². The predicted molar refractivity (Wildman–Crippen MR) is 121 cm³/mol. The molecule has 0 atom stereocenters. The summed E-state index contributed by atoms with van der Waals surface area (Å²) in [5.74, 6) is 0.738. The number of aliphatic imine (C=N–C) groups is 1. The van der Waals surface area contributed by atoms with E-state index in [9.17, 15) is 9.59 Å². The van der Waals surface area contributed by atoms with Crippen LogP contribution in [0.5, 0.6) is 0 Å². The van der Waals surface area contributed by atoms with Crippen molar-refractivity contribution in [2.24, 2.45) is 10.7 Å². The van der Waals surface area contributed by atoms with Gasteiger partial charge in [-0.25, -0.2) is 0 Å². The average molecular weight is 514 g/mol. The van der Waals surface area contributed by atoms with Crippen molar-refractivity contribution in [1.82, 2.24) is 21.1 Å². The van der Waals surface area contributed by atoms with Crippen molar-refractivity contribution < 1.29 is 14.1 Å². The molecule has 0 spiro atoms. The third-order valence-corrected chi connectivity index (χ3v) is 3.92. The predicted octanol–water partition coefficient (Wildman–Crippen LogP) is 1.50. The highest BCUT2D eigenvalue weighted by molar-refractivity contribution is 14.0. The summed E-state index contributed by atoms with van der Waals surface area (Å²) < 4.78 is 5.29. The maximum Gasteiger partial charge on any atom is 0.251 e. The van der Waals surface area contributed by atoms with Gasteiger partial charge in [0.1, 0.15) is 0 Å². The van der Waals surface area contributed by atoms with E-state index >= 15 is 0 Å². The lowest BCUT2D eigenvalue weighted by Gasteiger charge is -2.11. The molecule has 2 rings (SSSR count). The summed E-state index contributed by atoms with van der Waals surface area (Å²) in [7, 11) is 1.68. The second kappa shape index (κ2) is 12.0. The normalized spacial score (nSPS) is 11.0. The number of carbonyl (C=O) groups is 2. The van der Waals surface area contributed by atoms with Gasteiger partial charge in [0, 0.05) is 25.2 Å². The van der Waals surface area contributed by atoms with Crippen LogP contribution in [0.3, 0.4) is 0 Å². The molecule has 29 heavy (non-hydrogen) atoms. The van der Waals surface area contributed by atoms with E-state index in [4.69, 9.17) is 10.3 Å². The first kappa shape index (κ1) is 24.4. The van der Waals surface area contributed by atoms with Gasteiger partial charge >= 0.3 is 0 Å². The lowest BCUT2D eigenvalue weighted by molar-refractivity contribution is -0.117. The van der Waals surface area contributed by atoms with Gasteiger partial charge in [-0.3, -0.25) is 14.6 Å². The Morgan fingerprint density at radius 2 is 1.79 bits per heavy atom. The Hall–Kier alpha value is -2.63. The minimum Gasteiger partial charge on any atom is -0.368 e. The highest BCUT2D eigenvalue weighted by Gasteiger charge is 2.09. The van der Waals surface area contributed by atoms with E-state index in [1.165, 1.54) is 0 Å². The molecule has 158 valence electrons. The SMILES string of the molecule is CN=C(NCc1ccc(C(=O)NCC(N)=O)cc1)NCc1cc(C(C)C)no1.I. The maximum atomic E-state index is 11.9. The molecule has 0 unspecified atom stereocenters. The van der Waals surface area contributed by atoms with Crippen LogP contribution in [-0.4, -0.2) is 36.5 Å². The largest absolute Gasteiger partial charge is 0.368 e. The summed E-state index contributed by atoms with van der Waals surface area (Å²) in [6.07, 6.45) is 0. The Labute approximate surface area is 186 Å². The smallest absolute Gasteiger partial charge is 0.251 e. The number of aromatic nitrogens is 1. The van der Waals surface area contributed by atoms with Crippen molar-refractivity contribution >= 4 is 41.8 Å². The fraction of sp³-hybridized carbons (Fsp3) is 0.368. The molecular formula is C19H27IN6O3. The zero-order chi connectivity index (χ0) is 20.5. The zero-order valence-corrected chi connectivity index (χ0v) is 19.0. The second-order valence-electron chi connectivity index (χ2n) is 6.50. The molecule has 10 heteroatoms. The number of nitrogens with zero attached hydrogens (tertiary/aromatic N) is 2. The number of nitrogens with two attached hydrogens (primary N) is 1. The van der Waals surface area contributed by atoms with E-state index in [0.29, 0.717) is 30.5 Å². The number of amides is 2. The molecule has 9 nitrogen and oxygen atoms in total. The van der Waals surface area contributed by atoms with E-state index in [1.807, 2.05) is 18.2 Å². The quantitative estimate of drug-likeness (QED) is 0.240. The Kier molecular flexibility index (Phi) is 10.1. The minimum atomic E-state index is -0.584. The van der Waals surface area contributed by atoms with Gasteiger partial charge in [0.2, 0.25) is 5.91 Å². The van der Waals surface area contributed by atoms with Crippen molar-refractivity contribution in [3.05, 3.63) is 52.9 Å². The van der Waals surface area contributed by atoms with Crippen LogP contribution >= 0.6 is 24.0 Å². The number of primary amides is 1. The summed E-state index contributed by atoms with van der Waals surface area (Å²) in [5, 5.41) is 12.8. The van der Waals surface area contributed by atoms with Crippen molar-refractivity contribution in [2.75, 3.05) is 13.6 Å². The van der Waals surface area contributed by atoms with Crippen LogP contribution in [0.25, 0.3) is 0 Å². The van der Waals surface area contributed by atoms with Gasteiger partial charge in [-0.05, 0) is 23.6 Å². The van der Waals surface area contributed by atoms with Crippen LogP contribution in [0.4, 0.5) is 0 Å². The average Bonchev–Trinajstić information content (AvgIpc) is 3.16. The summed E-state index contributed by atoms with van der Waals surface area (Å²) in [6.45, 7) is 4.92. The van der Waals surface area contributed by atoms with Crippen LogP contribution in [0, 0.1) is 0 Å². The molecule has 1 heterocycles. The summed E-state index contributed by atoms with van der Waals surface area (Å²) >= 11 is 0. The molecule has 1 aromatic carbocycles. The number of hydrogen-bond donors (Lipinski definition) is 4. The number of hydrogen-bond acceptors (Lipinski definition) is 5. The van der Waals surface area contributed by atoms with E-state index in [-0.39, 0.29) is 36.4 Å². The molecule has 0 radical (unpaired) electrons. The standard InChI is InChI=1S/C19H26N6O3.HI/c1-12(2)16-8-15(28-25-16)10-24-19(21-3)23-9-13-4-6-14(7-5-13)18(27)22-11-17(20)26;/h4-8,12H,9-11H2,1-3H3,(H2,20,26)(H,22,27)(H2,21,23,24);1H. The van der Waals surface area contributed by atoms with Gasteiger partial charge in [0.15, 0.2) is 11.7 Å². The molecule has 0 saturated carbocycles. The van der Waals surface area contributed by atoms with Gasteiger partial charge in [0.25, 0.3) is 5.91 Å². The Balaban J connectivity index is 0.00000420.